The highest BCUT2D eigenvalue weighted by atomic mass is 17.2. The molecule has 20 heavy (non-hydrogen) atoms. The standard InChI is InChI=1S/C18H28O2/c1-2-3-4-5-6-7-8-9-13-16-19-20-17-18-14-11-10-12-15-18/h2,10-12,14-15H,1,3-9,13,16-17H2. The SMILES string of the molecule is C=CCCCCCCCCCOOCc1ccccc1. The fourth-order valence-electron chi connectivity index (χ4n) is 2.08. The summed E-state index contributed by atoms with van der Waals surface area (Å²) in [4.78, 5) is 10.4. The van der Waals surface area contributed by atoms with Gasteiger partial charge in [0, 0.05) is 0 Å². The number of benzene rings is 1. The van der Waals surface area contributed by atoms with Crippen molar-refractivity contribution in [2.45, 2.75) is 58.0 Å². The molecule has 2 nitrogen and oxygen atoms in total. The van der Waals surface area contributed by atoms with E-state index in [0.29, 0.717) is 13.2 Å². The van der Waals surface area contributed by atoms with E-state index < -0.39 is 0 Å². The summed E-state index contributed by atoms with van der Waals surface area (Å²) < 4.78 is 0. The molecule has 0 aliphatic heterocycles. The predicted octanol–water partition coefficient (Wildman–Crippen LogP) is 5.44. The molecule has 1 aromatic carbocycles. The van der Waals surface area contributed by atoms with Crippen molar-refractivity contribution < 1.29 is 9.78 Å². The van der Waals surface area contributed by atoms with E-state index in [9.17, 15) is 0 Å². The third kappa shape index (κ3) is 9.76. The molecule has 0 atom stereocenters. The second-order valence-electron chi connectivity index (χ2n) is 5.12. The van der Waals surface area contributed by atoms with Gasteiger partial charge in [-0.1, -0.05) is 68.5 Å². The van der Waals surface area contributed by atoms with Crippen LogP contribution in [0.15, 0.2) is 43.0 Å². The predicted molar refractivity (Wildman–Crippen MR) is 84.3 cm³/mol. The lowest BCUT2D eigenvalue weighted by Gasteiger charge is -2.04. The van der Waals surface area contributed by atoms with Crippen LogP contribution in [0.3, 0.4) is 0 Å². The van der Waals surface area contributed by atoms with Gasteiger partial charge in [-0.15, -0.1) is 6.58 Å². The molecule has 0 saturated heterocycles. The summed E-state index contributed by atoms with van der Waals surface area (Å²) in [5.74, 6) is 0. The van der Waals surface area contributed by atoms with Gasteiger partial charge in [-0.3, -0.25) is 0 Å². The molecule has 0 N–H and O–H groups in total. The Balaban J connectivity index is 1.78. The Morgan fingerprint density at radius 2 is 1.45 bits per heavy atom. The Bertz CT molecular complexity index is 321. The highest BCUT2D eigenvalue weighted by Gasteiger charge is 1.94. The van der Waals surface area contributed by atoms with Gasteiger partial charge in [0.05, 0.1) is 6.61 Å². The van der Waals surface area contributed by atoms with Gasteiger partial charge in [0.15, 0.2) is 0 Å². The van der Waals surface area contributed by atoms with Crippen molar-refractivity contribution in [2.24, 2.45) is 0 Å². The first-order valence-corrected chi connectivity index (χ1v) is 7.82. The monoisotopic (exact) mass is 276 g/mol. The van der Waals surface area contributed by atoms with E-state index in [2.05, 4.69) is 6.58 Å². The first kappa shape index (κ1) is 16.9. The van der Waals surface area contributed by atoms with E-state index in [1.165, 1.54) is 38.5 Å². The molecule has 0 unspecified atom stereocenters. The summed E-state index contributed by atoms with van der Waals surface area (Å²) in [7, 11) is 0. The largest absolute Gasteiger partial charge is 0.236 e. The van der Waals surface area contributed by atoms with Gasteiger partial charge in [-0.05, 0) is 24.8 Å². The fourth-order valence-corrected chi connectivity index (χ4v) is 2.08. The van der Waals surface area contributed by atoms with Gasteiger partial charge >= 0.3 is 0 Å². The average molecular weight is 276 g/mol. The third-order valence-electron chi connectivity index (χ3n) is 3.29. The summed E-state index contributed by atoms with van der Waals surface area (Å²) in [6, 6.07) is 10.1. The molecule has 0 radical (unpaired) electrons. The summed E-state index contributed by atoms with van der Waals surface area (Å²) in [6.45, 7) is 4.97. The lowest BCUT2D eigenvalue weighted by atomic mass is 10.1. The van der Waals surface area contributed by atoms with Crippen LogP contribution in [-0.4, -0.2) is 6.61 Å². The van der Waals surface area contributed by atoms with E-state index >= 15 is 0 Å². The molecule has 0 aromatic heterocycles. The normalized spacial score (nSPS) is 10.6. The zero-order valence-corrected chi connectivity index (χ0v) is 12.6. The minimum Gasteiger partial charge on any atom is -0.236 e. The molecular formula is C18H28O2. The molecule has 0 spiro atoms. The number of allylic oxidation sites excluding steroid dienone is 1. The van der Waals surface area contributed by atoms with Crippen LogP contribution in [0, 0.1) is 0 Å². The molecule has 0 bridgehead atoms. The van der Waals surface area contributed by atoms with Crippen molar-refractivity contribution in [1.82, 2.24) is 0 Å². The molecule has 0 heterocycles. The van der Waals surface area contributed by atoms with Gasteiger partial charge in [-0.2, -0.15) is 0 Å². The average Bonchev–Trinajstić information content (AvgIpc) is 2.49. The van der Waals surface area contributed by atoms with E-state index in [1.54, 1.807) is 0 Å². The second-order valence-corrected chi connectivity index (χ2v) is 5.12. The van der Waals surface area contributed by atoms with E-state index in [1.807, 2.05) is 36.4 Å². The number of unbranched alkanes of at least 4 members (excludes halogenated alkanes) is 7. The van der Waals surface area contributed by atoms with Crippen LogP contribution in [0.5, 0.6) is 0 Å². The summed E-state index contributed by atoms with van der Waals surface area (Å²) in [5, 5.41) is 0. The maximum atomic E-state index is 5.19. The molecule has 1 aromatic rings. The summed E-state index contributed by atoms with van der Waals surface area (Å²) >= 11 is 0. The van der Waals surface area contributed by atoms with Crippen molar-refractivity contribution in [3.05, 3.63) is 48.6 Å². The molecule has 112 valence electrons. The molecular weight excluding hydrogens is 248 g/mol. The van der Waals surface area contributed by atoms with Crippen LogP contribution in [-0.2, 0) is 16.4 Å². The van der Waals surface area contributed by atoms with Crippen LogP contribution in [0.25, 0.3) is 0 Å². The van der Waals surface area contributed by atoms with Gasteiger partial charge in [0.25, 0.3) is 0 Å². The minimum atomic E-state index is 0.532. The lowest BCUT2D eigenvalue weighted by molar-refractivity contribution is -0.304. The Morgan fingerprint density at radius 3 is 2.15 bits per heavy atom. The quantitative estimate of drug-likeness (QED) is 0.207. The van der Waals surface area contributed by atoms with Crippen molar-refractivity contribution in [2.75, 3.05) is 6.61 Å². The Hall–Kier alpha value is -1.12. The van der Waals surface area contributed by atoms with Crippen LogP contribution < -0.4 is 0 Å². The summed E-state index contributed by atoms with van der Waals surface area (Å²) in [5.41, 5.74) is 1.15. The van der Waals surface area contributed by atoms with Gasteiger partial charge in [0.1, 0.15) is 6.61 Å². The zero-order valence-electron chi connectivity index (χ0n) is 12.6. The highest BCUT2D eigenvalue weighted by molar-refractivity contribution is 5.13. The van der Waals surface area contributed by atoms with Gasteiger partial charge in [0.2, 0.25) is 0 Å². The zero-order chi connectivity index (χ0) is 14.3. The molecule has 0 fully saturated rings. The van der Waals surface area contributed by atoms with Crippen molar-refractivity contribution in [1.29, 1.82) is 0 Å². The lowest BCUT2D eigenvalue weighted by Crippen LogP contribution is -1.97. The Labute approximate surface area is 123 Å². The molecule has 0 aliphatic rings. The first-order chi connectivity index (χ1) is 9.93. The van der Waals surface area contributed by atoms with Crippen molar-refractivity contribution in [3.63, 3.8) is 0 Å². The van der Waals surface area contributed by atoms with Crippen LogP contribution in [0.4, 0.5) is 0 Å². The summed E-state index contributed by atoms with van der Waals surface area (Å²) in [6.07, 6.45) is 12.1. The highest BCUT2D eigenvalue weighted by Crippen LogP contribution is 2.09. The van der Waals surface area contributed by atoms with Crippen LogP contribution >= 0.6 is 0 Å². The van der Waals surface area contributed by atoms with Crippen molar-refractivity contribution >= 4 is 0 Å². The first-order valence-electron chi connectivity index (χ1n) is 7.82. The van der Waals surface area contributed by atoms with E-state index in [4.69, 9.17) is 9.78 Å². The van der Waals surface area contributed by atoms with E-state index in [-0.39, 0.29) is 0 Å². The third-order valence-corrected chi connectivity index (χ3v) is 3.29. The molecule has 0 aliphatic carbocycles. The number of hydrogen-bond donors (Lipinski definition) is 0. The maximum absolute atomic E-state index is 5.19. The minimum absolute atomic E-state index is 0.532. The van der Waals surface area contributed by atoms with Crippen LogP contribution in [0.1, 0.15) is 56.9 Å². The Morgan fingerprint density at radius 1 is 0.800 bits per heavy atom. The number of rotatable bonds is 13. The topological polar surface area (TPSA) is 18.5 Å². The fraction of sp³-hybridized carbons (Fsp3) is 0.556. The molecule has 1 rings (SSSR count). The number of hydrogen-bond acceptors (Lipinski definition) is 2. The molecule has 2 heteroatoms. The van der Waals surface area contributed by atoms with Gasteiger partial charge in [-0.25, -0.2) is 9.78 Å². The maximum Gasteiger partial charge on any atom is 0.107 e. The Kier molecular flexibility index (Phi) is 10.9. The molecule has 0 saturated carbocycles. The smallest absolute Gasteiger partial charge is 0.107 e. The van der Waals surface area contributed by atoms with E-state index in [0.717, 1.165) is 18.4 Å². The van der Waals surface area contributed by atoms with Crippen LogP contribution in [0.2, 0.25) is 0 Å². The van der Waals surface area contributed by atoms with Gasteiger partial charge < -0.3 is 0 Å². The molecule has 0 amide bonds. The van der Waals surface area contributed by atoms with Crippen molar-refractivity contribution in [3.8, 4) is 0 Å². The second kappa shape index (κ2) is 12.9.